The summed E-state index contributed by atoms with van der Waals surface area (Å²) in [7, 11) is -7.53. The summed E-state index contributed by atoms with van der Waals surface area (Å²) in [6.45, 7) is 1.30. The molecule has 0 spiro atoms. The van der Waals surface area contributed by atoms with Crippen molar-refractivity contribution in [1.29, 1.82) is 0 Å². The van der Waals surface area contributed by atoms with Crippen LogP contribution in [-0.4, -0.2) is 102 Å². The number of hydrogen-bond acceptors (Lipinski definition) is 15. The minimum absolute atomic E-state index is 0.0371. The minimum atomic E-state index is -4.31. The second-order valence-electron chi connectivity index (χ2n) is 28.7. The lowest BCUT2D eigenvalue weighted by Gasteiger charge is -2.20. The lowest BCUT2D eigenvalue weighted by atomic mass is 9.98. The van der Waals surface area contributed by atoms with Crippen molar-refractivity contribution in [3.8, 4) is 34.5 Å². The van der Waals surface area contributed by atoms with Crippen molar-refractivity contribution in [3.63, 3.8) is 0 Å². The Morgan fingerprint density at radius 2 is 0.702 bits per heavy atom. The van der Waals surface area contributed by atoms with E-state index in [0.29, 0.717) is 95.8 Å². The molecule has 3 amide bonds. The molecule has 3 unspecified atom stereocenters. The van der Waals surface area contributed by atoms with Crippen molar-refractivity contribution in [3.05, 3.63) is 231 Å². The molecule has 6 fully saturated rings. The van der Waals surface area contributed by atoms with Gasteiger partial charge in [0.2, 0.25) is 17.7 Å². The third kappa shape index (κ3) is 19.7. The summed E-state index contributed by atoms with van der Waals surface area (Å²) in [5.74, 6) is 0.986. The van der Waals surface area contributed by atoms with Crippen LogP contribution in [0.2, 0.25) is 15.1 Å². The van der Waals surface area contributed by atoms with Gasteiger partial charge >= 0.3 is 0 Å². The molecule has 9 aromatic carbocycles. The number of nitrogens with zero attached hydrogens (tertiary/aromatic N) is 3. The largest absolute Gasteiger partial charge is 0.493 e. The van der Waals surface area contributed by atoms with Crippen molar-refractivity contribution in [1.82, 2.24) is 0 Å². The molecule has 15 rings (SSSR count). The average Bonchev–Trinajstić information content (AvgIpc) is 1.38. The molecule has 3 saturated carbocycles. The number of hydrogen-bond donors (Lipinski definition) is 3. The van der Waals surface area contributed by atoms with Crippen molar-refractivity contribution >= 4 is 117 Å². The number of methoxy groups -OCH3 is 3. The molecule has 30 heteroatoms. The molecule has 114 heavy (non-hydrogen) atoms. The van der Waals surface area contributed by atoms with Gasteiger partial charge in [-0.3, -0.25) is 28.5 Å². The molecule has 3 atom stereocenters. The quantitative estimate of drug-likeness (QED) is 0.0508. The van der Waals surface area contributed by atoms with Gasteiger partial charge in [-0.15, -0.1) is 0 Å². The topological polar surface area (TPSA) is 255 Å². The molecular weight excluding hydrogens is 1590 g/mol. The van der Waals surface area contributed by atoms with Crippen molar-refractivity contribution in [2.75, 3.05) is 69.8 Å². The molecule has 3 aliphatic heterocycles. The zero-order chi connectivity index (χ0) is 80.6. The normalized spacial score (nSPS) is 18.1. The van der Waals surface area contributed by atoms with Crippen molar-refractivity contribution in [2.24, 2.45) is 0 Å². The third-order valence-electron chi connectivity index (χ3n) is 20.9. The fraction of sp³-hybridized carbons (Fsp3) is 0.321. The summed E-state index contributed by atoms with van der Waals surface area (Å²) < 4.78 is 160. The predicted molar refractivity (Wildman–Crippen MR) is 433 cm³/mol. The molecule has 3 saturated heterocycles. The van der Waals surface area contributed by atoms with Gasteiger partial charge in [0.1, 0.15) is 32.1 Å². The monoisotopic (exact) mass is 1670 g/mol. The number of benzene rings is 9. The number of carbonyl (C=O) groups excluding carboxylic acids is 3. The molecule has 0 aromatic heterocycles. The van der Waals surface area contributed by atoms with Crippen LogP contribution >= 0.6 is 34.8 Å². The highest BCUT2D eigenvalue weighted by atomic mass is 35.5. The maximum Gasteiger partial charge on any atom is 0.264 e. The van der Waals surface area contributed by atoms with E-state index in [-0.39, 0.29) is 96.4 Å². The first kappa shape index (κ1) is 82.1. The Balaban J connectivity index is 0.000000149. The highest BCUT2D eigenvalue weighted by Crippen LogP contribution is 2.44. The van der Waals surface area contributed by atoms with Crippen molar-refractivity contribution < 1.29 is 81.2 Å². The van der Waals surface area contributed by atoms with E-state index >= 15 is 0 Å². The second-order valence-corrected chi connectivity index (χ2v) is 34.9. The van der Waals surface area contributed by atoms with E-state index in [1.807, 2.05) is 54.6 Å². The third-order valence-corrected chi connectivity index (χ3v) is 26.3. The first-order chi connectivity index (χ1) is 54.7. The first-order valence-electron chi connectivity index (χ1n) is 37.4. The summed E-state index contributed by atoms with van der Waals surface area (Å²) >= 11 is 18.0. The van der Waals surface area contributed by atoms with Crippen molar-refractivity contribution in [2.45, 2.75) is 147 Å². The smallest absolute Gasteiger partial charge is 0.264 e. The molecule has 6 aliphatic rings. The van der Waals surface area contributed by atoms with E-state index in [0.717, 1.165) is 111 Å². The van der Waals surface area contributed by atoms with Crippen LogP contribution in [0.5, 0.6) is 34.5 Å². The van der Waals surface area contributed by atoms with Crippen LogP contribution < -0.4 is 57.3 Å². The lowest BCUT2D eigenvalue weighted by molar-refractivity contribution is -0.118. The maximum atomic E-state index is 14.1. The predicted octanol–water partition coefficient (Wildman–Crippen LogP) is 18.4. The van der Waals surface area contributed by atoms with Crippen LogP contribution in [0.1, 0.15) is 131 Å². The number of nitrogens with one attached hydrogen (secondary N) is 3. The highest BCUT2D eigenvalue weighted by molar-refractivity contribution is 7.93. The van der Waals surface area contributed by atoms with Crippen LogP contribution in [0.4, 0.5) is 47.3 Å². The Hall–Kier alpha value is -9.90. The van der Waals surface area contributed by atoms with Gasteiger partial charge in [0, 0.05) is 84.8 Å². The van der Waals surface area contributed by atoms with Gasteiger partial charge in [0.25, 0.3) is 30.1 Å². The van der Waals surface area contributed by atoms with Gasteiger partial charge in [-0.2, -0.15) is 0 Å². The van der Waals surface area contributed by atoms with Gasteiger partial charge in [-0.25, -0.2) is 38.4 Å². The molecule has 600 valence electrons. The Morgan fingerprint density at radius 1 is 0.360 bits per heavy atom. The lowest BCUT2D eigenvalue weighted by Crippen LogP contribution is -2.24. The Labute approximate surface area is 676 Å². The molecular formula is C84H84Cl3F3N6O15S3. The number of rotatable bonds is 24. The van der Waals surface area contributed by atoms with E-state index in [9.17, 15) is 52.8 Å². The summed E-state index contributed by atoms with van der Waals surface area (Å²) in [5, 5.41) is 0.0981. The van der Waals surface area contributed by atoms with Crippen LogP contribution in [0.15, 0.2) is 197 Å². The molecule has 0 bridgehead atoms. The fourth-order valence-electron chi connectivity index (χ4n) is 15.1. The van der Waals surface area contributed by atoms with Crippen LogP contribution in [-0.2, 0) is 44.5 Å². The van der Waals surface area contributed by atoms with Crippen LogP contribution in [0, 0.1) is 17.5 Å². The first-order valence-corrected chi connectivity index (χ1v) is 43.0. The van der Waals surface area contributed by atoms with Gasteiger partial charge < -0.3 is 43.1 Å². The second kappa shape index (κ2) is 35.9. The standard InChI is InChI=1S/C28H28Cl2N2O5S.C28H28ClFN2O5S.C28H28F2N2O5S/c1-36-25-12-9-18(13-26(25)37-23-7-2-3-8-23)19-14-28(33)32(17-19)22-6-4-5-21(16-22)31-38(34,35)27-15-20(29)10-11-24(27)30;1-36-25-11-9-18(13-26(25)37-23-7-2-3-8-23)19-14-28(33)32(17-19)22-6-4-5-21(16-22)31-38(34,35)27-12-10-20(30)15-24(27)29;1-36-25-11-9-18(13-26(25)37-23-7-2-3-8-23)19-14-28(33)32(17-19)22-6-4-5-21(16-22)31-38(34,35)27-12-10-20(29)15-24(27)30/h3*4-6,9-13,15-16,19,23,31H,2-3,7-8,14,17H2,1H3. The number of carbonyl (C=O) groups is 3. The van der Waals surface area contributed by atoms with Gasteiger partial charge in [0.05, 0.1) is 66.7 Å². The van der Waals surface area contributed by atoms with E-state index < -0.39 is 52.4 Å². The van der Waals surface area contributed by atoms with E-state index in [4.69, 9.17) is 63.2 Å². The SMILES string of the molecule is COc1ccc(C2CC(=O)N(c3cccc(NS(=O)(=O)c4cc(Cl)ccc4Cl)c3)C2)cc1OC1CCCC1.COc1ccc(C2CC(=O)N(c3cccc(NS(=O)(=O)c4ccc(F)cc4Cl)c3)C2)cc1OC1CCCC1.COc1ccc(C2CC(=O)N(c3cccc(NS(=O)(=O)c4ccc(F)cc4F)c3)C2)cc1OC1CCCC1. The van der Waals surface area contributed by atoms with Gasteiger partial charge in [0.15, 0.2) is 34.5 Å². The molecule has 0 radical (unpaired) electrons. The Kier molecular flexibility index (Phi) is 25.8. The number of halogens is 6. The van der Waals surface area contributed by atoms with E-state index in [1.165, 1.54) is 43.2 Å². The van der Waals surface area contributed by atoms with E-state index in [2.05, 4.69) is 14.2 Å². The number of amides is 3. The molecule has 3 N–H and O–H groups in total. The zero-order valence-corrected chi connectivity index (χ0v) is 67.2. The molecule has 3 heterocycles. The number of sulfonamides is 3. The number of anilines is 6. The molecule has 3 aliphatic carbocycles. The average molecular weight is 1680 g/mol. The summed E-state index contributed by atoms with van der Waals surface area (Å²) in [6, 6.07) is 46.6. The Morgan fingerprint density at radius 3 is 1.05 bits per heavy atom. The maximum absolute atomic E-state index is 14.1. The molecule has 9 aromatic rings. The van der Waals surface area contributed by atoms with Crippen LogP contribution in [0.3, 0.4) is 0 Å². The van der Waals surface area contributed by atoms with E-state index in [1.54, 1.807) is 96.7 Å². The highest BCUT2D eigenvalue weighted by Gasteiger charge is 2.37. The number of ether oxygens (including phenoxy) is 6. The fourth-order valence-corrected chi connectivity index (χ4v) is 19.6. The Bertz CT molecular complexity index is 5210. The van der Waals surface area contributed by atoms with Gasteiger partial charge in [-0.1, -0.05) is 71.2 Å². The van der Waals surface area contributed by atoms with Gasteiger partial charge in [-0.05, 0) is 233 Å². The zero-order valence-electron chi connectivity index (χ0n) is 62.5. The molecule has 21 nitrogen and oxygen atoms in total. The summed E-state index contributed by atoms with van der Waals surface area (Å²) in [5.41, 5.74) is 5.34. The minimum Gasteiger partial charge on any atom is -0.493 e. The van der Waals surface area contributed by atoms with Crippen LogP contribution in [0.25, 0.3) is 0 Å². The summed E-state index contributed by atoms with van der Waals surface area (Å²) in [4.78, 5) is 42.9. The summed E-state index contributed by atoms with van der Waals surface area (Å²) in [6.07, 6.45) is 14.5.